The van der Waals surface area contributed by atoms with Crippen LogP contribution in [0.25, 0.3) is 0 Å². The van der Waals surface area contributed by atoms with E-state index in [1.54, 1.807) is 6.26 Å². The van der Waals surface area contributed by atoms with Gasteiger partial charge in [0.15, 0.2) is 0 Å². The molecule has 1 heterocycles. The first kappa shape index (κ1) is 13.6. The van der Waals surface area contributed by atoms with Gasteiger partial charge in [0.05, 0.1) is 18.9 Å². The molecule has 1 aliphatic rings. The number of nitrogens with zero attached hydrogens (tertiary/aromatic N) is 1. The van der Waals surface area contributed by atoms with E-state index in [1.807, 2.05) is 12.1 Å². The van der Waals surface area contributed by atoms with E-state index in [-0.39, 0.29) is 6.10 Å². The summed E-state index contributed by atoms with van der Waals surface area (Å²) in [4.78, 5) is 2.32. The van der Waals surface area contributed by atoms with Gasteiger partial charge in [-0.2, -0.15) is 0 Å². The number of hydrogen-bond donors (Lipinski definition) is 2. The van der Waals surface area contributed by atoms with Crippen molar-refractivity contribution in [3.05, 3.63) is 24.2 Å². The fourth-order valence-electron chi connectivity index (χ4n) is 2.09. The van der Waals surface area contributed by atoms with Crippen LogP contribution < -0.4 is 5.32 Å². The zero-order valence-electron chi connectivity index (χ0n) is 11.3. The minimum atomic E-state index is -0.317. The minimum absolute atomic E-state index is 0.317. The molecule has 2 N–H and O–H groups in total. The maximum Gasteiger partial charge on any atom is 0.117 e. The van der Waals surface area contributed by atoms with Gasteiger partial charge in [-0.15, -0.1) is 0 Å². The number of aliphatic hydroxyl groups is 1. The third-order valence-electron chi connectivity index (χ3n) is 3.21. The third kappa shape index (κ3) is 4.44. The van der Waals surface area contributed by atoms with Gasteiger partial charge in [0.2, 0.25) is 0 Å². The van der Waals surface area contributed by atoms with Crippen molar-refractivity contribution in [2.75, 3.05) is 13.1 Å². The topological polar surface area (TPSA) is 48.6 Å². The standard InChI is InChI=1S/C14H24N2O2/c1-11(2)15-8-13(17)9-16(12-5-6-12)10-14-4-3-7-18-14/h3-4,7,11-13,15,17H,5-6,8-10H2,1-2H3. The summed E-state index contributed by atoms with van der Waals surface area (Å²) in [6.07, 6.45) is 3.87. The van der Waals surface area contributed by atoms with Crippen LogP contribution in [0.15, 0.2) is 22.8 Å². The van der Waals surface area contributed by atoms with Gasteiger partial charge >= 0.3 is 0 Å². The van der Waals surface area contributed by atoms with Gasteiger partial charge in [-0.05, 0) is 25.0 Å². The number of hydrogen-bond acceptors (Lipinski definition) is 4. The molecule has 2 rings (SSSR count). The molecule has 4 nitrogen and oxygen atoms in total. The van der Waals surface area contributed by atoms with Crippen molar-refractivity contribution in [3.63, 3.8) is 0 Å². The fourth-order valence-corrected chi connectivity index (χ4v) is 2.09. The number of furan rings is 1. The van der Waals surface area contributed by atoms with E-state index >= 15 is 0 Å². The van der Waals surface area contributed by atoms with Gasteiger partial charge in [-0.3, -0.25) is 4.90 Å². The Morgan fingerprint density at radius 1 is 1.50 bits per heavy atom. The van der Waals surface area contributed by atoms with Crippen molar-refractivity contribution >= 4 is 0 Å². The highest BCUT2D eigenvalue weighted by atomic mass is 16.3. The van der Waals surface area contributed by atoms with Crippen LogP contribution in [0, 0.1) is 0 Å². The molecule has 4 heteroatoms. The summed E-state index contributed by atoms with van der Waals surface area (Å²) in [6.45, 7) is 6.35. The molecule has 1 fully saturated rings. The Hall–Kier alpha value is -0.840. The van der Waals surface area contributed by atoms with Gasteiger partial charge in [0.25, 0.3) is 0 Å². The van der Waals surface area contributed by atoms with Crippen LogP contribution >= 0.6 is 0 Å². The van der Waals surface area contributed by atoms with E-state index in [4.69, 9.17) is 4.42 Å². The fraction of sp³-hybridized carbons (Fsp3) is 0.714. The molecule has 0 spiro atoms. The van der Waals surface area contributed by atoms with Crippen LogP contribution in [0.3, 0.4) is 0 Å². The minimum Gasteiger partial charge on any atom is -0.468 e. The quantitative estimate of drug-likeness (QED) is 0.738. The lowest BCUT2D eigenvalue weighted by Gasteiger charge is -2.24. The van der Waals surface area contributed by atoms with E-state index in [2.05, 4.69) is 24.1 Å². The number of aliphatic hydroxyl groups excluding tert-OH is 1. The third-order valence-corrected chi connectivity index (χ3v) is 3.21. The van der Waals surface area contributed by atoms with Crippen molar-refractivity contribution < 1.29 is 9.52 Å². The van der Waals surface area contributed by atoms with Crippen LogP contribution in [-0.4, -0.2) is 41.3 Å². The highest BCUT2D eigenvalue weighted by Crippen LogP contribution is 2.28. The molecule has 0 aliphatic heterocycles. The monoisotopic (exact) mass is 252 g/mol. The molecule has 1 aromatic rings. The SMILES string of the molecule is CC(C)NCC(O)CN(Cc1ccco1)C1CC1. The highest BCUT2D eigenvalue weighted by molar-refractivity contribution is 5.00. The van der Waals surface area contributed by atoms with Crippen molar-refractivity contribution in [2.45, 2.75) is 51.4 Å². The van der Waals surface area contributed by atoms with Crippen LogP contribution in [0.4, 0.5) is 0 Å². The Kier molecular flexibility index (Phi) is 4.80. The summed E-state index contributed by atoms with van der Waals surface area (Å²) in [5.74, 6) is 0.978. The van der Waals surface area contributed by atoms with E-state index in [1.165, 1.54) is 12.8 Å². The second kappa shape index (κ2) is 6.36. The molecule has 0 bridgehead atoms. The second-order valence-corrected chi connectivity index (χ2v) is 5.46. The van der Waals surface area contributed by atoms with Crippen molar-refractivity contribution in [2.24, 2.45) is 0 Å². The van der Waals surface area contributed by atoms with Gasteiger partial charge < -0.3 is 14.8 Å². The molecule has 1 atom stereocenters. The lowest BCUT2D eigenvalue weighted by atomic mass is 10.2. The highest BCUT2D eigenvalue weighted by Gasteiger charge is 2.30. The molecular weight excluding hydrogens is 228 g/mol. The predicted molar refractivity (Wildman–Crippen MR) is 71.3 cm³/mol. The Bertz CT molecular complexity index is 334. The largest absolute Gasteiger partial charge is 0.468 e. The van der Waals surface area contributed by atoms with Crippen LogP contribution in [-0.2, 0) is 6.54 Å². The van der Waals surface area contributed by atoms with Gasteiger partial charge in [-0.25, -0.2) is 0 Å². The molecule has 102 valence electrons. The normalized spacial score (nSPS) is 17.6. The number of nitrogens with one attached hydrogen (secondary N) is 1. The average molecular weight is 252 g/mol. The summed E-state index contributed by atoms with van der Waals surface area (Å²) in [7, 11) is 0. The maximum atomic E-state index is 10.0. The van der Waals surface area contributed by atoms with E-state index < -0.39 is 0 Å². The van der Waals surface area contributed by atoms with Gasteiger partial charge in [-0.1, -0.05) is 13.8 Å². The zero-order valence-corrected chi connectivity index (χ0v) is 11.3. The first-order valence-electron chi connectivity index (χ1n) is 6.83. The van der Waals surface area contributed by atoms with Gasteiger partial charge in [0, 0.05) is 25.2 Å². The predicted octanol–water partition coefficient (Wildman–Crippen LogP) is 1.60. The lowest BCUT2D eigenvalue weighted by molar-refractivity contribution is 0.0973. The summed E-state index contributed by atoms with van der Waals surface area (Å²) in [5, 5.41) is 13.3. The van der Waals surface area contributed by atoms with Crippen molar-refractivity contribution in [1.29, 1.82) is 0 Å². The smallest absolute Gasteiger partial charge is 0.117 e. The summed E-state index contributed by atoms with van der Waals surface area (Å²) >= 11 is 0. The Morgan fingerprint density at radius 2 is 2.28 bits per heavy atom. The van der Waals surface area contributed by atoms with E-state index in [0.29, 0.717) is 25.2 Å². The van der Waals surface area contributed by atoms with Gasteiger partial charge in [0.1, 0.15) is 5.76 Å². The molecule has 1 saturated carbocycles. The Balaban J connectivity index is 1.79. The van der Waals surface area contributed by atoms with Crippen molar-refractivity contribution in [1.82, 2.24) is 10.2 Å². The zero-order chi connectivity index (χ0) is 13.0. The second-order valence-electron chi connectivity index (χ2n) is 5.46. The summed E-state index contributed by atoms with van der Waals surface area (Å²) in [5.41, 5.74) is 0. The lowest BCUT2D eigenvalue weighted by Crippen LogP contribution is -2.40. The van der Waals surface area contributed by atoms with E-state index in [0.717, 1.165) is 12.3 Å². The molecule has 0 saturated heterocycles. The Morgan fingerprint density at radius 3 is 2.83 bits per heavy atom. The molecule has 1 unspecified atom stereocenters. The molecule has 0 radical (unpaired) electrons. The molecule has 0 amide bonds. The van der Waals surface area contributed by atoms with Crippen LogP contribution in [0.5, 0.6) is 0 Å². The Labute approximate surface area is 109 Å². The average Bonchev–Trinajstić information content (AvgIpc) is 3.05. The molecule has 18 heavy (non-hydrogen) atoms. The first-order valence-corrected chi connectivity index (χ1v) is 6.83. The van der Waals surface area contributed by atoms with Crippen molar-refractivity contribution in [3.8, 4) is 0 Å². The van der Waals surface area contributed by atoms with E-state index in [9.17, 15) is 5.11 Å². The van der Waals surface area contributed by atoms with Crippen LogP contribution in [0.2, 0.25) is 0 Å². The molecule has 0 aromatic carbocycles. The number of rotatable bonds is 8. The maximum absolute atomic E-state index is 10.0. The summed E-state index contributed by atoms with van der Waals surface area (Å²) in [6, 6.07) is 4.95. The molecular formula is C14H24N2O2. The molecule has 1 aromatic heterocycles. The summed E-state index contributed by atoms with van der Waals surface area (Å²) < 4.78 is 5.38. The molecule has 1 aliphatic carbocycles. The van der Waals surface area contributed by atoms with Crippen LogP contribution in [0.1, 0.15) is 32.4 Å². The first-order chi connectivity index (χ1) is 8.65.